The highest BCUT2D eigenvalue weighted by molar-refractivity contribution is 7.09. The molecular weight excluding hydrogens is 241 g/mol. The van der Waals surface area contributed by atoms with Gasteiger partial charge in [0.05, 0.1) is 24.3 Å². The molecule has 3 nitrogen and oxygen atoms in total. The molecule has 2 rings (SSSR count). The van der Waals surface area contributed by atoms with E-state index in [2.05, 4.69) is 4.98 Å². The molecule has 1 atom stereocenters. The van der Waals surface area contributed by atoms with E-state index in [1.807, 2.05) is 0 Å². The molecule has 1 aliphatic heterocycles. The van der Waals surface area contributed by atoms with Gasteiger partial charge < -0.3 is 10.5 Å². The molecule has 2 N–H and O–H groups in total. The van der Waals surface area contributed by atoms with Crippen molar-refractivity contribution in [3.63, 3.8) is 0 Å². The zero-order chi connectivity index (χ0) is 11.8. The average molecular weight is 252 g/mol. The van der Waals surface area contributed by atoms with Crippen LogP contribution in [0.4, 0.5) is 13.2 Å². The first-order valence-corrected chi connectivity index (χ1v) is 5.65. The Bertz CT molecular complexity index is 371. The van der Waals surface area contributed by atoms with Gasteiger partial charge in [-0.1, -0.05) is 0 Å². The molecule has 1 saturated heterocycles. The van der Waals surface area contributed by atoms with E-state index in [0.717, 1.165) is 11.3 Å². The summed E-state index contributed by atoms with van der Waals surface area (Å²) >= 11 is 0.995. The van der Waals surface area contributed by atoms with Crippen LogP contribution < -0.4 is 5.73 Å². The van der Waals surface area contributed by atoms with Crippen molar-refractivity contribution < 1.29 is 17.9 Å². The van der Waals surface area contributed by atoms with Crippen molar-refractivity contribution in [1.82, 2.24) is 4.98 Å². The summed E-state index contributed by atoms with van der Waals surface area (Å²) in [7, 11) is 0. The SMILES string of the molecule is NC1(c2csc(CC(F)(F)F)n2)CCOC1. The predicted octanol–water partition coefficient (Wildman–Crippen LogP) is 1.82. The van der Waals surface area contributed by atoms with Crippen LogP contribution in [0.1, 0.15) is 17.1 Å². The number of nitrogens with zero attached hydrogens (tertiary/aromatic N) is 1. The number of thiazole rings is 1. The maximum atomic E-state index is 12.1. The monoisotopic (exact) mass is 252 g/mol. The number of rotatable bonds is 2. The highest BCUT2D eigenvalue weighted by atomic mass is 32.1. The second-order valence-electron chi connectivity index (χ2n) is 3.88. The number of hydrogen-bond donors (Lipinski definition) is 1. The number of aromatic nitrogens is 1. The summed E-state index contributed by atoms with van der Waals surface area (Å²) in [4.78, 5) is 3.94. The standard InChI is InChI=1S/C9H11F3N2OS/c10-9(11,12)3-7-14-6(4-16-7)8(13)1-2-15-5-8/h4H,1-3,5,13H2. The highest BCUT2D eigenvalue weighted by Crippen LogP contribution is 2.30. The molecule has 1 aliphatic rings. The molecule has 1 aromatic rings. The summed E-state index contributed by atoms with van der Waals surface area (Å²) in [5.41, 5.74) is 5.80. The van der Waals surface area contributed by atoms with Gasteiger partial charge in [-0.05, 0) is 6.42 Å². The van der Waals surface area contributed by atoms with E-state index < -0.39 is 18.1 Å². The lowest BCUT2D eigenvalue weighted by Crippen LogP contribution is -2.37. The predicted molar refractivity (Wildman–Crippen MR) is 53.2 cm³/mol. The minimum Gasteiger partial charge on any atom is -0.379 e. The van der Waals surface area contributed by atoms with E-state index >= 15 is 0 Å². The van der Waals surface area contributed by atoms with Gasteiger partial charge in [0.25, 0.3) is 0 Å². The van der Waals surface area contributed by atoms with Crippen LogP contribution in [0.3, 0.4) is 0 Å². The first-order valence-electron chi connectivity index (χ1n) is 4.77. The van der Waals surface area contributed by atoms with Gasteiger partial charge in [0, 0.05) is 12.0 Å². The summed E-state index contributed by atoms with van der Waals surface area (Å²) in [6, 6.07) is 0. The van der Waals surface area contributed by atoms with Gasteiger partial charge in [-0.15, -0.1) is 11.3 Å². The van der Waals surface area contributed by atoms with Gasteiger partial charge in [-0.3, -0.25) is 0 Å². The number of nitrogens with two attached hydrogens (primary N) is 1. The number of halogens is 3. The van der Waals surface area contributed by atoms with Crippen molar-refractivity contribution in [3.05, 3.63) is 16.1 Å². The molecule has 0 amide bonds. The molecule has 1 fully saturated rings. The Morgan fingerprint density at radius 2 is 2.31 bits per heavy atom. The first kappa shape index (κ1) is 11.8. The Balaban J connectivity index is 2.13. The van der Waals surface area contributed by atoms with Gasteiger partial charge in [0.2, 0.25) is 0 Å². The zero-order valence-electron chi connectivity index (χ0n) is 8.38. The second kappa shape index (κ2) is 3.97. The lowest BCUT2D eigenvalue weighted by Gasteiger charge is -2.18. The smallest absolute Gasteiger partial charge is 0.379 e. The number of hydrogen-bond acceptors (Lipinski definition) is 4. The average Bonchev–Trinajstić information content (AvgIpc) is 2.72. The van der Waals surface area contributed by atoms with E-state index in [1.165, 1.54) is 0 Å². The molecule has 7 heteroatoms. The fraction of sp³-hybridized carbons (Fsp3) is 0.667. The minimum absolute atomic E-state index is 0.0548. The summed E-state index contributed by atoms with van der Waals surface area (Å²) in [6.07, 6.45) is -4.61. The van der Waals surface area contributed by atoms with Crippen molar-refractivity contribution in [3.8, 4) is 0 Å². The maximum absolute atomic E-state index is 12.1. The lowest BCUT2D eigenvalue weighted by atomic mass is 9.97. The molecule has 0 saturated carbocycles. The van der Waals surface area contributed by atoms with Crippen LogP contribution in [0.2, 0.25) is 0 Å². The van der Waals surface area contributed by atoms with Crippen molar-refractivity contribution in [2.75, 3.05) is 13.2 Å². The largest absolute Gasteiger partial charge is 0.395 e. The third kappa shape index (κ3) is 2.53. The molecule has 1 unspecified atom stereocenters. The Morgan fingerprint density at radius 1 is 1.56 bits per heavy atom. The molecule has 0 bridgehead atoms. The first-order chi connectivity index (χ1) is 7.39. The zero-order valence-corrected chi connectivity index (χ0v) is 9.20. The van der Waals surface area contributed by atoms with Crippen LogP contribution in [0.25, 0.3) is 0 Å². The van der Waals surface area contributed by atoms with Crippen molar-refractivity contribution >= 4 is 11.3 Å². The van der Waals surface area contributed by atoms with Crippen LogP contribution in [0, 0.1) is 0 Å². The number of ether oxygens (including phenoxy) is 1. The normalized spacial score (nSPS) is 26.2. The summed E-state index contributed by atoms with van der Waals surface area (Å²) in [5, 5.41) is 1.65. The molecule has 0 radical (unpaired) electrons. The van der Waals surface area contributed by atoms with Crippen LogP contribution >= 0.6 is 11.3 Å². The summed E-state index contributed by atoms with van der Waals surface area (Å²) in [6.45, 7) is 0.852. The highest BCUT2D eigenvalue weighted by Gasteiger charge is 2.36. The van der Waals surface area contributed by atoms with E-state index in [-0.39, 0.29) is 5.01 Å². The fourth-order valence-electron chi connectivity index (χ4n) is 1.58. The van der Waals surface area contributed by atoms with E-state index in [9.17, 15) is 13.2 Å². The lowest BCUT2D eigenvalue weighted by molar-refractivity contribution is -0.127. The molecule has 1 aromatic heterocycles. The third-order valence-electron chi connectivity index (χ3n) is 2.47. The van der Waals surface area contributed by atoms with Gasteiger partial charge in [-0.25, -0.2) is 4.98 Å². The van der Waals surface area contributed by atoms with Crippen LogP contribution in [0.5, 0.6) is 0 Å². The maximum Gasteiger partial charge on any atom is 0.395 e. The van der Waals surface area contributed by atoms with Crippen LogP contribution in [-0.2, 0) is 16.7 Å². The van der Waals surface area contributed by atoms with Crippen molar-refractivity contribution in [2.24, 2.45) is 5.73 Å². The fourth-order valence-corrected chi connectivity index (χ4v) is 2.51. The quantitative estimate of drug-likeness (QED) is 0.873. The molecule has 0 aliphatic carbocycles. The molecule has 90 valence electrons. The van der Waals surface area contributed by atoms with Gasteiger partial charge in [-0.2, -0.15) is 13.2 Å². The minimum atomic E-state index is -4.22. The summed E-state index contributed by atoms with van der Waals surface area (Å²) < 4.78 is 41.5. The Hall–Kier alpha value is -0.660. The van der Waals surface area contributed by atoms with Crippen molar-refractivity contribution in [2.45, 2.75) is 24.6 Å². The number of alkyl halides is 3. The van der Waals surface area contributed by atoms with E-state index in [4.69, 9.17) is 10.5 Å². The Morgan fingerprint density at radius 3 is 2.88 bits per heavy atom. The van der Waals surface area contributed by atoms with Gasteiger partial charge >= 0.3 is 6.18 Å². The molecule has 0 aromatic carbocycles. The summed E-state index contributed by atoms with van der Waals surface area (Å²) in [5.74, 6) is 0. The Kier molecular flexibility index (Phi) is 2.93. The topological polar surface area (TPSA) is 48.1 Å². The molecular formula is C9H11F3N2OS. The van der Waals surface area contributed by atoms with Gasteiger partial charge in [0.15, 0.2) is 0 Å². The second-order valence-corrected chi connectivity index (χ2v) is 4.82. The molecule has 0 spiro atoms. The van der Waals surface area contributed by atoms with Gasteiger partial charge in [0.1, 0.15) is 5.01 Å². The Labute approximate surface area is 94.4 Å². The molecule has 16 heavy (non-hydrogen) atoms. The van der Waals surface area contributed by atoms with Crippen LogP contribution in [0.15, 0.2) is 5.38 Å². The van der Waals surface area contributed by atoms with E-state index in [0.29, 0.717) is 25.3 Å². The third-order valence-corrected chi connectivity index (χ3v) is 3.31. The van der Waals surface area contributed by atoms with Crippen LogP contribution in [-0.4, -0.2) is 24.4 Å². The van der Waals surface area contributed by atoms with Crippen molar-refractivity contribution in [1.29, 1.82) is 0 Å². The molecule has 2 heterocycles. The van der Waals surface area contributed by atoms with E-state index in [1.54, 1.807) is 5.38 Å².